The topological polar surface area (TPSA) is 0 Å². The Morgan fingerprint density at radius 1 is 0.287 bits per heavy atom. The number of allylic oxidation sites excluding steroid dienone is 33. The summed E-state index contributed by atoms with van der Waals surface area (Å²) >= 11 is 0. The predicted octanol–water partition coefficient (Wildman–Crippen LogP) is 39.7. The zero-order valence-corrected chi connectivity index (χ0v) is 87.6. The maximum Gasteiger partial charge on any atom is -0.00174 e. The van der Waals surface area contributed by atoms with Gasteiger partial charge in [0.25, 0.3) is 0 Å². The molecule has 0 radical (unpaired) electrons. The molecule has 1 aromatic carbocycles. The fraction of sp³-hybridized carbons (Fsp3) is 0.691. The molecule has 32 unspecified atom stereocenters. The summed E-state index contributed by atoms with van der Waals surface area (Å²) in [6.45, 7) is 20.4. The van der Waals surface area contributed by atoms with Gasteiger partial charge in [-0.25, -0.2) is 0 Å². The Bertz CT molecular complexity index is 4140. The van der Waals surface area contributed by atoms with E-state index in [4.69, 9.17) is 0 Å². The molecule has 26 aliphatic carbocycles. The van der Waals surface area contributed by atoms with E-state index in [-0.39, 0.29) is 0 Å². The van der Waals surface area contributed by atoms with Crippen LogP contribution in [0.25, 0.3) is 0 Å². The molecular weight excluding hydrogens is 1630 g/mol. The number of fused-ring (bicyclic) bond motifs is 24. The van der Waals surface area contributed by atoms with Gasteiger partial charge in [0.1, 0.15) is 0 Å². The fourth-order valence-corrected chi connectivity index (χ4v) is 32.5. The zero-order chi connectivity index (χ0) is 93.4. The summed E-state index contributed by atoms with van der Waals surface area (Å²) in [7, 11) is 0. The van der Waals surface area contributed by atoms with Gasteiger partial charge in [0.2, 0.25) is 0 Å². The summed E-state index contributed by atoms with van der Waals surface area (Å²) < 4.78 is 0. The van der Waals surface area contributed by atoms with Crippen LogP contribution in [-0.2, 0) is 0 Å². The molecule has 24 bridgehead atoms. The molecule has 26 aliphatic rings. The van der Waals surface area contributed by atoms with Crippen molar-refractivity contribution in [3.05, 3.63) is 256 Å². The highest BCUT2D eigenvalue weighted by atomic mass is 14.5. The van der Waals surface area contributed by atoms with Crippen LogP contribution in [-0.4, -0.2) is 0 Å². The summed E-state index contributed by atoms with van der Waals surface area (Å²) in [5.74, 6) is 33.4. The molecule has 136 heavy (non-hydrogen) atoms. The Kier molecular flexibility index (Phi) is 41.7. The lowest BCUT2D eigenvalue weighted by Gasteiger charge is -2.31. The molecule has 0 spiro atoms. The number of unbranched alkanes of at least 4 members (excludes halogenated alkanes) is 13. The van der Waals surface area contributed by atoms with Crippen molar-refractivity contribution < 1.29 is 0 Å². The van der Waals surface area contributed by atoms with Crippen molar-refractivity contribution in [3.8, 4) is 0 Å². The van der Waals surface area contributed by atoms with E-state index in [1.807, 2.05) is 6.08 Å². The Morgan fingerprint density at radius 2 is 0.691 bits per heavy atom. The molecule has 32 atom stereocenters. The lowest BCUT2D eigenvalue weighted by molar-refractivity contribution is 0.219. The van der Waals surface area contributed by atoms with E-state index in [9.17, 15) is 0 Å². The second kappa shape index (κ2) is 54.8. The van der Waals surface area contributed by atoms with Gasteiger partial charge >= 0.3 is 0 Å². The minimum Gasteiger partial charge on any atom is -0.103 e. The average Bonchev–Trinajstić information content (AvgIpc) is 1.66. The molecule has 0 amide bonds. The molecule has 0 nitrogen and oxygen atoms in total. The zero-order valence-electron chi connectivity index (χ0n) is 87.6. The maximum atomic E-state index is 3.83. The number of hydrogen-bond acceptors (Lipinski definition) is 0. The molecular formula is C136H200. The van der Waals surface area contributed by atoms with Crippen LogP contribution in [0.2, 0.25) is 0 Å². The fourth-order valence-electron chi connectivity index (χ4n) is 32.5. The smallest absolute Gasteiger partial charge is 0.00174 e. The molecule has 0 aromatic heterocycles. The maximum absolute atomic E-state index is 3.83. The third-order valence-corrected chi connectivity index (χ3v) is 40.3. The minimum absolute atomic E-state index is 0.806. The molecule has 12 fully saturated rings. The SMILES string of the molecule is C/C=C1\CC2C=CC1C2.C1=CC2C=CC1C2.C1=CC2CC1CC2C1CCCCC1.C1=CC2CC1CC2c1ccccc1.C1=CC2CCC1C2.C1=CCC(C2CC3C=CC2C3)CC1.C=CC1CC2C=CC1C2.C=CCCC1CC2C=CC1C2.C=CCCCCC1CC2C=CC1C2.CCCCC1CC2C=CC1C2.CCCCCCC1CC2C=CC1C2.CCCCCCCCCCC1CC2C=CC1C2. The van der Waals surface area contributed by atoms with Gasteiger partial charge in [0, 0.05) is 0 Å². The Balaban J connectivity index is 0.000000108. The molecule has 27 rings (SSSR count). The van der Waals surface area contributed by atoms with E-state index in [0.717, 1.165) is 207 Å². The van der Waals surface area contributed by atoms with Crippen LogP contribution in [0.15, 0.2) is 250 Å². The highest BCUT2D eigenvalue weighted by Gasteiger charge is 2.45. The summed E-state index contributed by atoms with van der Waals surface area (Å²) in [5, 5.41) is 0. The molecule has 744 valence electrons. The van der Waals surface area contributed by atoms with E-state index < -0.39 is 0 Å². The van der Waals surface area contributed by atoms with Crippen LogP contribution in [0.4, 0.5) is 0 Å². The average molecular weight is 1840 g/mol. The van der Waals surface area contributed by atoms with Crippen molar-refractivity contribution in [2.24, 2.45) is 201 Å². The van der Waals surface area contributed by atoms with Crippen molar-refractivity contribution in [1.29, 1.82) is 0 Å². The van der Waals surface area contributed by atoms with Crippen LogP contribution in [0.3, 0.4) is 0 Å². The quantitative estimate of drug-likeness (QED) is 0.0554. The van der Waals surface area contributed by atoms with E-state index >= 15 is 0 Å². The van der Waals surface area contributed by atoms with Crippen LogP contribution in [0.5, 0.6) is 0 Å². The first-order valence-electron chi connectivity index (χ1n) is 60.1. The van der Waals surface area contributed by atoms with Crippen molar-refractivity contribution in [2.75, 3.05) is 0 Å². The first-order valence-corrected chi connectivity index (χ1v) is 60.1. The van der Waals surface area contributed by atoms with E-state index in [1.54, 1.807) is 24.0 Å². The van der Waals surface area contributed by atoms with E-state index in [2.05, 4.69) is 266 Å². The molecule has 0 aliphatic heterocycles. The van der Waals surface area contributed by atoms with Gasteiger partial charge in [-0.2, -0.15) is 0 Å². The van der Waals surface area contributed by atoms with Gasteiger partial charge < -0.3 is 0 Å². The Hall–Kier alpha value is -5.46. The Labute approximate surface area is 837 Å². The third-order valence-electron chi connectivity index (χ3n) is 40.3. The van der Waals surface area contributed by atoms with Gasteiger partial charge in [-0.1, -0.05) is 380 Å². The van der Waals surface area contributed by atoms with Gasteiger partial charge in [-0.05, 0) is 444 Å². The first-order chi connectivity index (χ1) is 67.0. The van der Waals surface area contributed by atoms with Gasteiger partial charge in [-0.3, -0.25) is 0 Å². The monoisotopic (exact) mass is 1830 g/mol. The molecule has 0 N–H and O–H groups in total. The second-order valence-electron chi connectivity index (χ2n) is 49.8. The number of rotatable bonds is 29. The standard InChI is InChI=1S/C17H30.C13H20.C13H18.C13H14.C13H22.C13H20.C11H18.C11H16.2C9H12.C7H10.C7H8/c1-2-3-4-5-6-7-8-9-10-16-13-15-11-12-17(16)14-15;3*1-2-4-11(5-3-1)13-9-10-6-7-12(13)8-10;2*1-2-3-4-5-6-12-9-11-7-8-13(12)10-11;2*1-2-3-4-10-7-9-5-6-11(10)8-9;2*1-2-8-5-7-3-4-9(8)6-7;2*1-2-7-4-3-6(1)5-7/h11-12,15-17H,2-10,13-14H2,1H3;6-7,10-13H,1-5,8-9H2;1-2,6-7,10-13H,3-5,8-9H2;1-7,10,12-13H,8-9H2;7-8,11-13H,2-6,9-10H2,1H3;2,7-8,11-13H,1,3-6,9-10H2;5-6,9-11H,2-4,7-8H2,1H3;2,5-6,9-11H,1,3-4,7-8H2;2-4,7,9H,5-6H2,1H3;2-4,7-9H,1,5-6H2;1-2,6-7H,3-5H2;1-4,6-7H,5H2/b;;;;;;;;8-2+;;;. The van der Waals surface area contributed by atoms with Gasteiger partial charge in [0.05, 0.1) is 0 Å². The molecule has 0 heterocycles. The highest BCUT2D eigenvalue weighted by molar-refractivity contribution is 5.29. The van der Waals surface area contributed by atoms with Crippen LogP contribution < -0.4 is 0 Å². The highest BCUT2D eigenvalue weighted by Crippen LogP contribution is 2.56. The largest absolute Gasteiger partial charge is 0.103 e. The lowest BCUT2D eigenvalue weighted by Crippen LogP contribution is -2.21. The van der Waals surface area contributed by atoms with Crippen LogP contribution in [0.1, 0.15) is 392 Å². The predicted molar refractivity (Wildman–Crippen MR) is 591 cm³/mol. The van der Waals surface area contributed by atoms with Crippen molar-refractivity contribution in [3.63, 3.8) is 0 Å². The van der Waals surface area contributed by atoms with Crippen LogP contribution >= 0.6 is 0 Å². The minimum atomic E-state index is 0.806. The van der Waals surface area contributed by atoms with Crippen LogP contribution in [0, 0.1) is 201 Å². The summed E-state index contributed by atoms with van der Waals surface area (Å²) in [5.41, 5.74) is 3.21. The Morgan fingerprint density at radius 3 is 1.02 bits per heavy atom. The van der Waals surface area contributed by atoms with E-state index in [1.165, 1.54) is 340 Å². The molecule has 12 saturated carbocycles. The van der Waals surface area contributed by atoms with Crippen molar-refractivity contribution in [1.82, 2.24) is 0 Å². The summed E-state index contributed by atoms with van der Waals surface area (Å²) in [4.78, 5) is 0. The van der Waals surface area contributed by atoms with Crippen molar-refractivity contribution >= 4 is 0 Å². The summed E-state index contributed by atoms with van der Waals surface area (Å²) in [6, 6.07) is 11.0. The molecule has 1 aromatic rings. The normalized spacial score (nSPS) is 39.8. The van der Waals surface area contributed by atoms with E-state index in [0.29, 0.717) is 0 Å². The van der Waals surface area contributed by atoms with Gasteiger partial charge in [0.15, 0.2) is 0 Å². The third kappa shape index (κ3) is 30.3. The second-order valence-corrected chi connectivity index (χ2v) is 49.8. The first kappa shape index (κ1) is 103. The van der Waals surface area contributed by atoms with Crippen molar-refractivity contribution in [2.45, 2.75) is 387 Å². The number of benzene rings is 1. The molecule has 0 saturated heterocycles. The summed E-state index contributed by atoms with van der Waals surface area (Å²) in [6.07, 6.45) is 156. The molecule has 0 heteroatoms. The number of hydrogen-bond donors (Lipinski definition) is 0. The van der Waals surface area contributed by atoms with Gasteiger partial charge in [-0.15, -0.1) is 19.7 Å². The lowest BCUT2D eigenvalue weighted by atomic mass is 9.74.